The second-order valence-electron chi connectivity index (χ2n) is 6.87. The van der Waals surface area contributed by atoms with Gasteiger partial charge in [-0.25, -0.2) is 0 Å². The van der Waals surface area contributed by atoms with Gasteiger partial charge in [-0.3, -0.25) is 4.79 Å². The smallest absolute Gasteiger partial charge is 0.223 e. The molecule has 1 aliphatic carbocycles. The Morgan fingerprint density at radius 3 is 2.64 bits per heavy atom. The first-order chi connectivity index (χ1) is 10.8. The molecule has 1 aromatic rings. The highest BCUT2D eigenvalue weighted by Crippen LogP contribution is 2.25. The normalized spacial score (nSPS) is 23.5. The Morgan fingerprint density at radius 1 is 1.09 bits per heavy atom. The van der Waals surface area contributed by atoms with Gasteiger partial charge in [-0.2, -0.15) is 0 Å². The molecule has 3 nitrogen and oxygen atoms in total. The van der Waals surface area contributed by atoms with E-state index in [4.69, 9.17) is 0 Å². The fraction of sp³-hybridized carbons (Fsp3) is 0.632. The van der Waals surface area contributed by atoms with E-state index >= 15 is 0 Å². The molecule has 2 aliphatic rings. The Bertz CT molecular complexity index is 468. The average molecular weight is 300 g/mol. The summed E-state index contributed by atoms with van der Waals surface area (Å²) >= 11 is 0. The molecule has 0 bridgehead atoms. The summed E-state index contributed by atoms with van der Waals surface area (Å²) in [7, 11) is 0. The highest BCUT2D eigenvalue weighted by Gasteiger charge is 2.26. The predicted octanol–water partition coefficient (Wildman–Crippen LogP) is 3.00. The molecule has 1 saturated carbocycles. The van der Waals surface area contributed by atoms with Crippen LogP contribution in [0.5, 0.6) is 0 Å². The van der Waals surface area contributed by atoms with Crippen molar-refractivity contribution in [1.82, 2.24) is 10.2 Å². The van der Waals surface area contributed by atoms with Crippen LogP contribution in [0, 0.1) is 5.92 Å². The van der Waals surface area contributed by atoms with Crippen LogP contribution < -0.4 is 5.32 Å². The summed E-state index contributed by atoms with van der Waals surface area (Å²) in [5, 5.41) is 3.31. The minimum atomic E-state index is 0.291. The number of amides is 1. The molecule has 0 aromatic heterocycles. The molecule has 1 N–H and O–H groups in total. The van der Waals surface area contributed by atoms with E-state index in [1.165, 1.54) is 31.4 Å². The number of piperidine rings is 1. The second kappa shape index (κ2) is 7.77. The van der Waals surface area contributed by atoms with Crippen LogP contribution in [0.15, 0.2) is 30.3 Å². The number of benzene rings is 1. The monoisotopic (exact) mass is 300 g/mol. The van der Waals surface area contributed by atoms with Gasteiger partial charge in [-0.1, -0.05) is 43.2 Å². The summed E-state index contributed by atoms with van der Waals surface area (Å²) in [6.45, 7) is 3.29. The van der Waals surface area contributed by atoms with E-state index < -0.39 is 0 Å². The topological polar surface area (TPSA) is 32.3 Å². The van der Waals surface area contributed by atoms with Crippen LogP contribution in [-0.4, -0.2) is 36.5 Å². The van der Waals surface area contributed by atoms with Crippen molar-refractivity contribution >= 4 is 5.91 Å². The number of carbonyl (C=O) groups is 1. The van der Waals surface area contributed by atoms with Crippen molar-refractivity contribution in [1.29, 1.82) is 0 Å². The Balaban J connectivity index is 1.43. The third-order valence-corrected chi connectivity index (χ3v) is 5.14. The van der Waals surface area contributed by atoms with E-state index in [9.17, 15) is 4.79 Å². The molecule has 22 heavy (non-hydrogen) atoms. The highest BCUT2D eigenvalue weighted by atomic mass is 16.1. The zero-order valence-corrected chi connectivity index (χ0v) is 13.5. The van der Waals surface area contributed by atoms with Crippen LogP contribution in [-0.2, 0) is 11.2 Å². The first-order valence-electron chi connectivity index (χ1n) is 8.88. The molecular formula is C19H28N2O. The molecule has 0 unspecified atom stereocenters. The maximum Gasteiger partial charge on any atom is 0.223 e. The lowest BCUT2D eigenvalue weighted by molar-refractivity contribution is -0.125. The Hall–Kier alpha value is -1.35. The van der Waals surface area contributed by atoms with Gasteiger partial charge in [-0.15, -0.1) is 0 Å². The largest absolute Gasteiger partial charge is 0.352 e. The number of carbonyl (C=O) groups excluding carboxylic acids is 1. The quantitative estimate of drug-likeness (QED) is 0.906. The van der Waals surface area contributed by atoms with Gasteiger partial charge >= 0.3 is 0 Å². The molecule has 120 valence electrons. The van der Waals surface area contributed by atoms with Crippen LogP contribution in [0.1, 0.15) is 44.1 Å². The standard InChI is InChI=1S/C19H28N2O/c22-19(17-9-4-5-10-17)20-18-11-6-13-21(15-18)14-12-16-7-2-1-3-8-16/h1-3,7-8,17-18H,4-6,9-15H2,(H,20,22)/t18-/m0/s1. The SMILES string of the molecule is O=C(N[C@H]1CCCN(CCc2ccccc2)C1)C1CCCC1. The summed E-state index contributed by atoms with van der Waals surface area (Å²) in [5.41, 5.74) is 1.40. The van der Waals surface area contributed by atoms with Crippen LogP contribution in [0.25, 0.3) is 0 Å². The van der Waals surface area contributed by atoms with Gasteiger partial charge in [0, 0.05) is 25.0 Å². The number of rotatable bonds is 5. The molecule has 0 radical (unpaired) electrons. The van der Waals surface area contributed by atoms with Crippen molar-refractivity contribution < 1.29 is 4.79 Å². The zero-order chi connectivity index (χ0) is 15.2. The average Bonchev–Trinajstić information content (AvgIpc) is 3.09. The number of hydrogen-bond donors (Lipinski definition) is 1. The van der Waals surface area contributed by atoms with Crippen LogP contribution in [0.3, 0.4) is 0 Å². The molecule has 1 aromatic carbocycles. The van der Waals surface area contributed by atoms with Crippen molar-refractivity contribution in [2.24, 2.45) is 5.92 Å². The van der Waals surface area contributed by atoms with Crippen molar-refractivity contribution in [2.45, 2.75) is 51.0 Å². The van der Waals surface area contributed by atoms with E-state index in [-0.39, 0.29) is 0 Å². The molecule has 3 rings (SSSR count). The van der Waals surface area contributed by atoms with Crippen molar-refractivity contribution in [3.63, 3.8) is 0 Å². The number of nitrogens with one attached hydrogen (secondary N) is 1. The fourth-order valence-electron chi connectivity index (χ4n) is 3.82. The maximum absolute atomic E-state index is 12.3. The minimum Gasteiger partial charge on any atom is -0.352 e. The van der Waals surface area contributed by atoms with Gasteiger partial charge in [0.15, 0.2) is 0 Å². The van der Waals surface area contributed by atoms with E-state index in [1.807, 2.05) is 0 Å². The number of likely N-dealkylation sites (tertiary alicyclic amines) is 1. The lowest BCUT2D eigenvalue weighted by Crippen LogP contribution is -2.49. The summed E-state index contributed by atoms with van der Waals surface area (Å²) in [5.74, 6) is 0.604. The van der Waals surface area contributed by atoms with Crippen LogP contribution >= 0.6 is 0 Å². The third-order valence-electron chi connectivity index (χ3n) is 5.14. The maximum atomic E-state index is 12.3. The molecule has 1 aliphatic heterocycles. The minimum absolute atomic E-state index is 0.291. The van der Waals surface area contributed by atoms with Gasteiger partial charge in [-0.05, 0) is 44.2 Å². The van der Waals surface area contributed by atoms with Gasteiger partial charge in [0.05, 0.1) is 0 Å². The Morgan fingerprint density at radius 2 is 1.86 bits per heavy atom. The molecule has 3 heteroatoms. The Labute approximate surface area is 134 Å². The molecule has 0 spiro atoms. The van der Waals surface area contributed by atoms with Crippen LogP contribution in [0.2, 0.25) is 0 Å². The predicted molar refractivity (Wildman–Crippen MR) is 89.7 cm³/mol. The number of nitrogens with zero attached hydrogens (tertiary/aromatic N) is 1. The summed E-state index contributed by atoms with van der Waals surface area (Å²) in [6, 6.07) is 11.0. The Kier molecular flexibility index (Phi) is 5.49. The third kappa shape index (κ3) is 4.33. The molecule has 2 fully saturated rings. The highest BCUT2D eigenvalue weighted by molar-refractivity contribution is 5.79. The summed E-state index contributed by atoms with van der Waals surface area (Å²) in [6.07, 6.45) is 8.08. The lowest BCUT2D eigenvalue weighted by Gasteiger charge is -2.33. The first-order valence-corrected chi connectivity index (χ1v) is 8.88. The van der Waals surface area contributed by atoms with E-state index in [1.54, 1.807) is 0 Å². The van der Waals surface area contributed by atoms with E-state index in [2.05, 4.69) is 40.5 Å². The van der Waals surface area contributed by atoms with Gasteiger partial charge in [0.25, 0.3) is 0 Å². The zero-order valence-electron chi connectivity index (χ0n) is 13.5. The summed E-state index contributed by atoms with van der Waals surface area (Å²) in [4.78, 5) is 14.8. The van der Waals surface area contributed by atoms with Crippen molar-refractivity contribution in [3.05, 3.63) is 35.9 Å². The van der Waals surface area contributed by atoms with E-state index in [0.717, 1.165) is 38.8 Å². The first kappa shape index (κ1) is 15.5. The molecule has 1 heterocycles. The van der Waals surface area contributed by atoms with Crippen molar-refractivity contribution in [2.75, 3.05) is 19.6 Å². The fourth-order valence-corrected chi connectivity index (χ4v) is 3.82. The molecule has 1 atom stereocenters. The summed E-state index contributed by atoms with van der Waals surface area (Å²) < 4.78 is 0. The molecular weight excluding hydrogens is 272 g/mol. The second-order valence-corrected chi connectivity index (χ2v) is 6.87. The van der Waals surface area contributed by atoms with E-state index in [0.29, 0.717) is 17.9 Å². The van der Waals surface area contributed by atoms with Gasteiger partial charge in [0.1, 0.15) is 0 Å². The molecule has 1 saturated heterocycles. The number of hydrogen-bond acceptors (Lipinski definition) is 2. The molecule has 1 amide bonds. The van der Waals surface area contributed by atoms with Crippen LogP contribution in [0.4, 0.5) is 0 Å². The van der Waals surface area contributed by atoms with Gasteiger partial charge in [0.2, 0.25) is 5.91 Å². The lowest BCUT2D eigenvalue weighted by atomic mass is 10.0. The van der Waals surface area contributed by atoms with Gasteiger partial charge < -0.3 is 10.2 Å². The van der Waals surface area contributed by atoms with Crippen molar-refractivity contribution in [3.8, 4) is 0 Å².